The van der Waals surface area contributed by atoms with E-state index < -0.39 is 0 Å². The third kappa shape index (κ3) is 3.64. The van der Waals surface area contributed by atoms with Crippen LogP contribution in [0.2, 0.25) is 0 Å². The number of ether oxygens (including phenoxy) is 1. The Balaban J connectivity index is 1.90. The average molecular weight is 272 g/mol. The van der Waals surface area contributed by atoms with Crippen molar-refractivity contribution in [3.05, 3.63) is 29.3 Å². The van der Waals surface area contributed by atoms with Crippen molar-refractivity contribution in [3.63, 3.8) is 0 Å². The summed E-state index contributed by atoms with van der Waals surface area (Å²) < 4.78 is 5.17. The highest BCUT2D eigenvalue weighted by Gasteiger charge is 2.16. The normalized spacial score (nSPS) is 15.3. The van der Waals surface area contributed by atoms with Gasteiger partial charge in [-0.2, -0.15) is 5.26 Å². The zero-order valence-corrected chi connectivity index (χ0v) is 11.7. The summed E-state index contributed by atoms with van der Waals surface area (Å²) in [5.74, 6) is 1.79. The maximum atomic E-state index is 8.92. The average Bonchev–Trinajstić information content (AvgIpc) is 2.43. The number of nitriles is 1. The van der Waals surface area contributed by atoms with E-state index in [1.54, 1.807) is 13.2 Å². The molecule has 1 aliphatic carbocycles. The zero-order chi connectivity index (χ0) is 14.4. The van der Waals surface area contributed by atoms with Crippen LogP contribution in [0.3, 0.4) is 0 Å². The van der Waals surface area contributed by atoms with Crippen molar-refractivity contribution in [3.8, 4) is 11.8 Å². The van der Waals surface area contributed by atoms with Crippen LogP contribution in [0, 0.1) is 17.2 Å². The van der Waals surface area contributed by atoms with E-state index in [-0.39, 0.29) is 0 Å². The van der Waals surface area contributed by atoms with Gasteiger partial charge in [-0.1, -0.05) is 12.5 Å². The number of benzene rings is 1. The molecule has 0 heterocycles. The van der Waals surface area contributed by atoms with E-state index in [0.717, 1.165) is 18.0 Å². The van der Waals surface area contributed by atoms with Gasteiger partial charge in [-0.15, -0.1) is 0 Å². The van der Waals surface area contributed by atoms with Gasteiger partial charge in [-0.25, -0.2) is 4.99 Å². The van der Waals surface area contributed by atoms with Crippen LogP contribution in [0.5, 0.6) is 5.75 Å². The summed E-state index contributed by atoms with van der Waals surface area (Å²) in [6, 6.07) is 7.51. The molecule has 1 saturated carbocycles. The molecule has 0 aliphatic heterocycles. The third-order valence-corrected chi connectivity index (χ3v) is 3.61. The molecule has 0 radical (unpaired) electrons. The van der Waals surface area contributed by atoms with Crippen molar-refractivity contribution >= 4 is 5.96 Å². The first-order valence-electron chi connectivity index (χ1n) is 6.83. The third-order valence-electron chi connectivity index (χ3n) is 3.61. The van der Waals surface area contributed by atoms with Crippen molar-refractivity contribution in [2.24, 2.45) is 16.6 Å². The van der Waals surface area contributed by atoms with Crippen molar-refractivity contribution in [2.75, 3.05) is 13.7 Å². The maximum Gasteiger partial charge on any atom is 0.188 e. The predicted octanol–water partition coefficient (Wildman–Crippen LogP) is 1.77. The number of nitrogens with two attached hydrogens (primary N) is 1. The second-order valence-electron chi connectivity index (χ2n) is 5.03. The molecule has 1 aromatic carbocycles. The molecule has 0 spiro atoms. The zero-order valence-electron chi connectivity index (χ0n) is 11.7. The Morgan fingerprint density at radius 3 is 2.95 bits per heavy atom. The Labute approximate surface area is 119 Å². The summed E-state index contributed by atoms with van der Waals surface area (Å²) in [7, 11) is 1.55. The molecule has 0 saturated heterocycles. The molecule has 0 aromatic heterocycles. The Hall–Kier alpha value is -2.22. The molecule has 1 aromatic rings. The molecule has 1 fully saturated rings. The van der Waals surface area contributed by atoms with Gasteiger partial charge in [0.05, 0.1) is 19.2 Å². The summed E-state index contributed by atoms with van der Waals surface area (Å²) in [6.45, 7) is 1.39. The Morgan fingerprint density at radius 1 is 1.55 bits per heavy atom. The van der Waals surface area contributed by atoms with E-state index in [4.69, 9.17) is 15.7 Å². The minimum absolute atomic E-state index is 0.472. The Kier molecular flexibility index (Phi) is 4.83. The summed E-state index contributed by atoms with van der Waals surface area (Å²) in [6.07, 6.45) is 3.90. The minimum Gasteiger partial charge on any atom is -0.495 e. The summed E-state index contributed by atoms with van der Waals surface area (Å²) >= 11 is 0. The van der Waals surface area contributed by atoms with E-state index in [1.165, 1.54) is 19.3 Å². The summed E-state index contributed by atoms with van der Waals surface area (Å²) in [5, 5.41) is 12.1. The molecule has 0 amide bonds. The predicted molar refractivity (Wildman–Crippen MR) is 78.4 cm³/mol. The lowest BCUT2D eigenvalue weighted by Gasteiger charge is -2.25. The van der Waals surface area contributed by atoms with Gasteiger partial charge in [0, 0.05) is 6.54 Å². The fraction of sp³-hybridized carbons (Fsp3) is 0.467. The van der Waals surface area contributed by atoms with Crippen LogP contribution in [0.25, 0.3) is 0 Å². The maximum absolute atomic E-state index is 8.92. The van der Waals surface area contributed by atoms with Gasteiger partial charge in [0.2, 0.25) is 0 Å². The summed E-state index contributed by atoms with van der Waals surface area (Å²) in [5.41, 5.74) is 7.32. The second-order valence-corrected chi connectivity index (χ2v) is 5.03. The van der Waals surface area contributed by atoms with Crippen molar-refractivity contribution in [1.29, 1.82) is 5.26 Å². The molecule has 0 unspecified atom stereocenters. The van der Waals surface area contributed by atoms with E-state index in [0.29, 0.717) is 23.8 Å². The Bertz CT molecular complexity index is 529. The number of methoxy groups -OCH3 is 1. The molecule has 106 valence electrons. The van der Waals surface area contributed by atoms with Gasteiger partial charge in [0.1, 0.15) is 11.8 Å². The van der Waals surface area contributed by atoms with E-state index >= 15 is 0 Å². The van der Waals surface area contributed by atoms with E-state index in [1.807, 2.05) is 12.1 Å². The molecule has 20 heavy (non-hydrogen) atoms. The lowest BCUT2D eigenvalue weighted by molar-refractivity contribution is 0.315. The monoisotopic (exact) mass is 272 g/mol. The van der Waals surface area contributed by atoms with Gasteiger partial charge in [0.25, 0.3) is 0 Å². The number of nitrogens with zero attached hydrogens (tertiary/aromatic N) is 2. The van der Waals surface area contributed by atoms with E-state index in [9.17, 15) is 0 Å². The molecular weight excluding hydrogens is 252 g/mol. The Morgan fingerprint density at radius 2 is 2.35 bits per heavy atom. The molecule has 1 aliphatic rings. The van der Waals surface area contributed by atoms with Crippen LogP contribution in [0.15, 0.2) is 23.2 Å². The van der Waals surface area contributed by atoms with Gasteiger partial charge in [-0.05, 0) is 36.5 Å². The first-order chi connectivity index (χ1) is 9.72. The first kappa shape index (κ1) is 14.2. The second kappa shape index (κ2) is 6.80. The van der Waals surface area contributed by atoms with Crippen molar-refractivity contribution < 1.29 is 4.74 Å². The fourth-order valence-corrected chi connectivity index (χ4v) is 2.10. The van der Waals surface area contributed by atoms with Gasteiger partial charge < -0.3 is 15.8 Å². The number of nitrogens with one attached hydrogen (secondary N) is 1. The molecule has 5 heteroatoms. The number of hydrogen-bond donors (Lipinski definition) is 2. The van der Waals surface area contributed by atoms with Crippen LogP contribution in [-0.2, 0) is 6.54 Å². The smallest absolute Gasteiger partial charge is 0.188 e. The largest absolute Gasteiger partial charge is 0.495 e. The van der Waals surface area contributed by atoms with Crippen molar-refractivity contribution in [2.45, 2.75) is 25.8 Å². The molecule has 2 rings (SSSR count). The van der Waals surface area contributed by atoms with Crippen LogP contribution >= 0.6 is 0 Å². The molecule has 5 nitrogen and oxygen atoms in total. The van der Waals surface area contributed by atoms with Gasteiger partial charge in [-0.3, -0.25) is 0 Å². The SMILES string of the molecule is COc1cc(CN=C(N)NCC2CCC2)ccc1C#N. The highest BCUT2D eigenvalue weighted by Crippen LogP contribution is 2.25. The lowest BCUT2D eigenvalue weighted by Crippen LogP contribution is -2.37. The minimum atomic E-state index is 0.472. The number of guanidine groups is 1. The number of rotatable bonds is 5. The highest BCUT2D eigenvalue weighted by atomic mass is 16.5. The molecule has 0 atom stereocenters. The highest BCUT2D eigenvalue weighted by molar-refractivity contribution is 5.77. The number of aliphatic imine (C=N–C) groups is 1. The molecular formula is C15H20N4O. The van der Waals surface area contributed by atoms with Crippen LogP contribution < -0.4 is 15.8 Å². The quantitative estimate of drug-likeness (QED) is 0.632. The van der Waals surface area contributed by atoms with Crippen molar-refractivity contribution in [1.82, 2.24) is 5.32 Å². The van der Waals surface area contributed by atoms with Crippen LogP contribution in [0.4, 0.5) is 0 Å². The van der Waals surface area contributed by atoms with Crippen LogP contribution in [-0.4, -0.2) is 19.6 Å². The summed E-state index contributed by atoms with van der Waals surface area (Å²) in [4.78, 5) is 4.30. The van der Waals surface area contributed by atoms with Gasteiger partial charge in [0.15, 0.2) is 5.96 Å². The standard InChI is InChI=1S/C15H20N4O/c1-20-14-7-12(5-6-13(14)8-16)10-19-15(17)18-9-11-3-2-4-11/h5-7,11H,2-4,9-10H2,1H3,(H3,17,18,19). The number of hydrogen-bond acceptors (Lipinski definition) is 3. The van der Waals surface area contributed by atoms with E-state index in [2.05, 4.69) is 16.4 Å². The molecule has 0 bridgehead atoms. The van der Waals surface area contributed by atoms with Crippen LogP contribution in [0.1, 0.15) is 30.4 Å². The fourth-order valence-electron chi connectivity index (χ4n) is 2.10. The molecule has 3 N–H and O–H groups in total. The topological polar surface area (TPSA) is 83.4 Å². The van der Waals surface area contributed by atoms with Gasteiger partial charge >= 0.3 is 0 Å². The first-order valence-corrected chi connectivity index (χ1v) is 6.83. The lowest BCUT2D eigenvalue weighted by atomic mass is 9.85.